The Bertz CT molecular complexity index is 625. The Balaban J connectivity index is 1.97. The number of carbonyl (C=O) groups is 3. The van der Waals surface area contributed by atoms with Crippen molar-refractivity contribution >= 4 is 17.7 Å². The molecule has 3 N–H and O–H groups in total. The average Bonchev–Trinajstić information content (AvgIpc) is 2.87. The van der Waals surface area contributed by atoms with E-state index >= 15 is 0 Å². The molecular formula is C18H25N3O3. The van der Waals surface area contributed by atoms with Gasteiger partial charge in [0.25, 0.3) is 0 Å². The van der Waals surface area contributed by atoms with Crippen molar-refractivity contribution < 1.29 is 14.4 Å². The number of nitrogens with two attached hydrogens (primary N) is 1. The molecule has 0 aliphatic carbocycles. The van der Waals surface area contributed by atoms with Crippen molar-refractivity contribution in [1.29, 1.82) is 0 Å². The van der Waals surface area contributed by atoms with Crippen molar-refractivity contribution in [3.63, 3.8) is 0 Å². The zero-order chi connectivity index (χ0) is 17.9. The van der Waals surface area contributed by atoms with Crippen LogP contribution in [-0.4, -0.2) is 35.2 Å². The fourth-order valence-corrected chi connectivity index (χ4v) is 2.85. The lowest BCUT2D eigenvalue weighted by Crippen LogP contribution is -2.49. The van der Waals surface area contributed by atoms with Gasteiger partial charge in [0, 0.05) is 19.5 Å². The summed E-state index contributed by atoms with van der Waals surface area (Å²) in [6.45, 7) is 6.50. The average molecular weight is 331 g/mol. The van der Waals surface area contributed by atoms with Gasteiger partial charge in [-0.05, 0) is 18.4 Å². The van der Waals surface area contributed by atoms with Crippen LogP contribution in [0.3, 0.4) is 0 Å². The minimum absolute atomic E-state index is 0.0455. The predicted octanol–water partition coefficient (Wildman–Crippen LogP) is 0.970. The molecule has 6 heteroatoms. The Kier molecular flexibility index (Phi) is 5.59. The van der Waals surface area contributed by atoms with Gasteiger partial charge in [-0.1, -0.05) is 43.7 Å². The van der Waals surface area contributed by atoms with Crippen molar-refractivity contribution in [3.8, 4) is 0 Å². The lowest BCUT2D eigenvalue weighted by atomic mass is 10.0. The number of hydrogen-bond acceptors (Lipinski definition) is 3. The summed E-state index contributed by atoms with van der Waals surface area (Å²) in [6, 6.07) is 7.26. The molecule has 0 unspecified atom stereocenters. The lowest BCUT2D eigenvalue weighted by Gasteiger charge is -2.21. The second-order valence-corrected chi connectivity index (χ2v) is 6.79. The van der Waals surface area contributed by atoms with E-state index in [0.717, 1.165) is 11.1 Å². The Labute approximate surface area is 142 Å². The van der Waals surface area contributed by atoms with Crippen LogP contribution in [0.15, 0.2) is 24.3 Å². The van der Waals surface area contributed by atoms with Gasteiger partial charge in [0.1, 0.15) is 6.04 Å². The first-order valence-electron chi connectivity index (χ1n) is 8.21. The summed E-state index contributed by atoms with van der Waals surface area (Å²) in [6.07, 6.45) is 0.168. The van der Waals surface area contributed by atoms with Gasteiger partial charge >= 0.3 is 0 Å². The number of nitrogens with one attached hydrogen (secondary N) is 1. The number of primary amides is 1. The monoisotopic (exact) mass is 331 g/mol. The molecule has 1 aromatic rings. The van der Waals surface area contributed by atoms with E-state index in [4.69, 9.17) is 5.73 Å². The van der Waals surface area contributed by atoms with Crippen LogP contribution < -0.4 is 11.1 Å². The zero-order valence-electron chi connectivity index (χ0n) is 14.4. The maximum atomic E-state index is 12.4. The third-order valence-corrected chi connectivity index (χ3v) is 4.35. The first kappa shape index (κ1) is 18.0. The topological polar surface area (TPSA) is 92.5 Å². The summed E-state index contributed by atoms with van der Waals surface area (Å²) < 4.78 is 0. The molecule has 130 valence electrons. The molecule has 24 heavy (non-hydrogen) atoms. The third kappa shape index (κ3) is 4.34. The van der Waals surface area contributed by atoms with Crippen LogP contribution in [0.25, 0.3) is 0 Å². The number of benzene rings is 1. The first-order valence-corrected chi connectivity index (χ1v) is 8.21. The number of hydrogen-bond donors (Lipinski definition) is 2. The van der Waals surface area contributed by atoms with E-state index < -0.39 is 17.9 Å². The Hall–Kier alpha value is -2.37. The standard InChI is InChI=1S/C18H25N3O3/c1-11(2)16(17(19)23)20-18(24)14-8-15(22)21(10-14)9-13-6-4-12(3)5-7-13/h4-7,11,14,16H,8-10H2,1-3H3,(H2,19,23)(H,20,24)/t14-,16-/m1/s1. The fraction of sp³-hybridized carbons (Fsp3) is 0.500. The number of amides is 3. The third-order valence-electron chi connectivity index (χ3n) is 4.35. The summed E-state index contributed by atoms with van der Waals surface area (Å²) in [7, 11) is 0. The second-order valence-electron chi connectivity index (χ2n) is 6.79. The molecule has 6 nitrogen and oxygen atoms in total. The van der Waals surface area contributed by atoms with Gasteiger partial charge in [0.2, 0.25) is 17.7 Å². The molecule has 3 amide bonds. The molecule has 0 spiro atoms. The normalized spacial score (nSPS) is 18.8. The summed E-state index contributed by atoms with van der Waals surface area (Å²) in [5, 5.41) is 2.68. The van der Waals surface area contributed by atoms with Gasteiger partial charge in [0.15, 0.2) is 0 Å². The van der Waals surface area contributed by atoms with Gasteiger partial charge in [-0.3, -0.25) is 14.4 Å². The minimum atomic E-state index is -0.709. The Morgan fingerprint density at radius 1 is 1.29 bits per heavy atom. The fourth-order valence-electron chi connectivity index (χ4n) is 2.85. The van der Waals surface area contributed by atoms with Crippen LogP contribution in [0.4, 0.5) is 0 Å². The van der Waals surface area contributed by atoms with Crippen LogP contribution in [0.2, 0.25) is 0 Å². The molecule has 0 saturated carbocycles. The van der Waals surface area contributed by atoms with Crippen molar-refractivity contribution in [2.24, 2.45) is 17.6 Å². The van der Waals surface area contributed by atoms with E-state index in [1.54, 1.807) is 4.90 Å². The van der Waals surface area contributed by atoms with Gasteiger partial charge in [-0.25, -0.2) is 0 Å². The summed E-state index contributed by atoms with van der Waals surface area (Å²) in [5.41, 5.74) is 7.52. The van der Waals surface area contributed by atoms with Crippen LogP contribution in [0.1, 0.15) is 31.4 Å². The maximum Gasteiger partial charge on any atom is 0.240 e. The molecule has 0 aromatic heterocycles. The Morgan fingerprint density at radius 2 is 1.92 bits per heavy atom. The van der Waals surface area contributed by atoms with E-state index in [1.165, 1.54) is 0 Å². The molecule has 1 fully saturated rings. The Morgan fingerprint density at radius 3 is 2.46 bits per heavy atom. The number of aryl methyl sites for hydroxylation is 1. The highest BCUT2D eigenvalue weighted by molar-refractivity contribution is 5.92. The highest BCUT2D eigenvalue weighted by Crippen LogP contribution is 2.21. The molecule has 1 heterocycles. The van der Waals surface area contributed by atoms with Gasteiger partial charge < -0.3 is 16.0 Å². The number of carbonyl (C=O) groups excluding carboxylic acids is 3. The smallest absolute Gasteiger partial charge is 0.240 e. The maximum absolute atomic E-state index is 12.4. The summed E-state index contributed by atoms with van der Waals surface area (Å²) in [4.78, 5) is 37.6. The van der Waals surface area contributed by atoms with Crippen LogP contribution in [0, 0.1) is 18.8 Å². The molecule has 0 bridgehead atoms. The van der Waals surface area contributed by atoms with E-state index in [-0.39, 0.29) is 24.2 Å². The highest BCUT2D eigenvalue weighted by atomic mass is 16.2. The molecule has 2 rings (SSSR count). The van der Waals surface area contributed by atoms with E-state index in [0.29, 0.717) is 13.1 Å². The molecule has 1 saturated heterocycles. The van der Waals surface area contributed by atoms with Crippen molar-refractivity contribution in [1.82, 2.24) is 10.2 Å². The van der Waals surface area contributed by atoms with E-state index in [1.807, 2.05) is 45.0 Å². The number of rotatable bonds is 6. The van der Waals surface area contributed by atoms with Crippen molar-refractivity contribution in [2.75, 3.05) is 6.54 Å². The van der Waals surface area contributed by atoms with Crippen LogP contribution in [-0.2, 0) is 20.9 Å². The van der Waals surface area contributed by atoms with Crippen LogP contribution >= 0.6 is 0 Å². The van der Waals surface area contributed by atoms with Crippen molar-refractivity contribution in [3.05, 3.63) is 35.4 Å². The lowest BCUT2D eigenvalue weighted by molar-refractivity contribution is -0.131. The van der Waals surface area contributed by atoms with Gasteiger partial charge in [-0.15, -0.1) is 0 Å². The molecule has 2 atom stereocenters. The molecule has 1 aliphatic rings. The van der Waals surface area contributed by atoms with E-state index in [9.17, 15) is 14.4 Å². The van der Waals surface area contributed by atoms with E-state index in [2.05, 4.69) is 5.32 Å². The SMILES string of the molecule is Cc1ccc(CN2C[C@H](C(=O)N[C@@H](C(N)=O)C(C)C)CC2=O)cc1. The largest absolute Gasteiger partial charge is 0.368 e. The molecule has 1 aromatic carbocycles. The second kappa shape index (κ2) is 7.47. The van der Waals surface area contributed by atoms with Gasteiger partial charge in [-0.2, -0.15) is 0 Å². The quantitative estimate of drug-likeness (QED) is 0.813. The number of likely N-dealkylation sites (tertiary alicyclic amines) is 1. The minimum Gasteiger partial charge on any atom is -0.368 e. The molecule has 1 aliphatic heterocycles. The first-order chi connectivity index (χ1) is 11.3. The number of nitrogens with zero attached hydrogens (tertiary/aromatic N) is 1. The zero-order valence-corrected chi connectivity index (χ0v) is 14.4. The molecular weight excluding hydrogens is 306 g/mol. The predicted molar refractivity (Wildman–Crippen MR) is 90.7 cm³/mol. The summed E-state index contributed by atoms with van der Waals surface area (Å²) >= 11 is 0. The van der Waals surface area contributed by atoms with Gasteiger partial charge in [0.05, 0.1) is 5.92 Å². The summed E-state index contributed by atoms with van der Waals surface area (Å²) in [5.74, 6) is -1.42. The van der Waals surface area contributed by atoms with Crippen LogP contribution in [0.5, 0.6) is 0 Å². The highest BCUT2D eigenvalue weighted by Gasteiger charge is 2.36. The molecule has 0 radical (unpaired) electrons. The van der Waals surface area contributed by atoms with Crippen molar-refractivity contribution in [2.45, 2.75) is 39.8 Å².